The highest BCUT2D eigenvalue weighted by atomic mass is 79.9. The maximum atomic E-state index is 11.9. The molecule has 21 heavy (non-hydrogen) atoms. The minimum atomic E-state index is -0.676. The van der Waals surface area contributed by atoms with Crippen LogP contribution in [0.3, 0.4) is 0 Å². The van der Waals surface area contributed by atoms with Crippen LogP contribution in [0.4, 0.5) is 5.69 Å². The summed E-state index contributed by atoms with van der Waals surface area (Å²) >= 11 is 3.66. The molecule has 4 heteroatoms. The summed E-state index contributed by atoms with van der Waals surface area (Å²) in [5.41, 5.74) is 1.49. The van der Waals surface area contributed by atoms with E-state index in [0.29, 0.717) is 0 Å². The van der Waals surface area contributed by atoms with Crippen LogP contribution in [0.5, 0.6) is 0 Å². The van der Waals surface area contributed by atoms with E-state index < -0.39 is 11.4 Å². The lowest BCUT2D eigenvalue weighted by atomic mass is 9.69. The highest BCUT2D eigenvalue weighted by Crippen LogP contribution is 2.42. The third-order valence-corrected chi connectivity index (χ3v) is 5.70. The van der Waals surface area contributed by atoms with Crippen molar-refractivity contribution in [3.63, 3.8) is 0 Å². The highest BCUT2D eigenvalue weighted by Gasteiger charge is 2.41. The van der Waals surface area contributed by atoms with E-state index in [0.717, 1.165) is 55.2 Å². The molecular weight excluding hydrogens is 330 g/mol. The Bertz CT molecular complexity index is 532. The number of carboxylic acids is 1. The predicted octanol–water partition coefficient (Wildman–Crippen LogP) is 4.34. The summed E-state index contributed by atoms with van der Waals surface area (Å²) in [4.78, 5) is 14.3. The molecule has 1 saturated heterocycles. The Morgan fingerprint density at radius 2 is 1.76 bits per heavy atom. The molecule has 1 aromatic carbocycles. The maximum absolute atomic E-state index is 11.9. The monoisotopic (exact) mass is 351 g/mol. The molecule has 114 valence electrons. The topological polar surface area (TPSA) is 40.5 Å². The molecule has 0 amide bonds. The quantitative estimate of drug-likeness (QED) is 0.880. The second-order valence-corrected chi connectivity index (χ2v) is 7.16. The lowest BCUT2D eigenvalue weighted by molar-refractivity contribution is -0.145. The summed E-state index contributed by atoms with van der Waals surface area (Å²) in [5, 5.41) is 9.79. The van der Waals surface area contributed by atoms with E-state index in [1.54, 1.807) is 0 Å². The molecule has 1 aromatic rings. The molecule has 1 heterocycles. The van der Waals surface area contributed by atoms with Crippen LogP contribution in [0, 0.1) is 0 Å². The fourth-order valence-electron chi connectivity index (χ4n) is 3.80. The van der Waals surface area contributed by atoms with Gasteiger partial charge in [0.1, 0.15) is 0 Å². The van der Waals surface area contributed by atoms with Crippen molar-refractivity contribution < 1.29 is 9.90 Å². The molecule has 1 aliphatic heterocycles. The molecule has 1 N–H and O–H groups in total. The van der Waals surface area contributed by atoms with Crippen molar-refractivity contribution in [3.05, 3.63) is 28.2 Å². The van der Waals surface area contributed by atoms with Gasteiger partial charge in [0, 0.05) is 17.6 Å². The zero-order valence-corrected chi connectivity index (χ0v) is 13.9. The molecule has 0 spiro atoms. The number of carboxylic acid groups (broad SMARTS) is 1. The molecule has 2 aliphatic rings. The Morgan fingerprint density at radius 1 is 1.10 bits per heavy atom. The van der Waals surface area contributed by atoms with Crippen LogP contribution in [0.1, 0.15) is 50.5 Å². The third kappa shape index (κ3) is 2.70. The standard InChI is InChI=1S/C17H22BrNO2/c18-14-12-13(6-7-15(14)19-10-4-5-11-19)17(16(20)21)8-2-1-3-9-17/h6-7,12H,1-5,8-11H2,(H,20,21). The fraction of sp³-hybridized carbons (Fsp3) is 0.588. The van der Waals surface area contributed by atoms with Gasteiger partial charge in [-0.3, -0.25) is 4.79 Å². The second kappa shape index (κ2) is 5.99. The van der Waals surface area contributed by atoms with E-state index >= 15 is 0 Å². The molecule has 1 aliphatic carbocycles. The molecule has 2 fully saturated rings. The van der Waals surface area contributed by atoms with Gasteiger partial charge in [-0.2, -0.15) is 0 Å². The summed E-state index contributed by atoms with van der Waals surface area (Å²) in [6.45, 7) is 2.20. The van der Waals surface area contributed by atoms with Crippen molar-refractivity contribution >= 4 is 27.6 Å². The van der Waals surface area contributed by atoms with Crippen LogP contribution in [0.2, 0.25) is 0 Å². The van der Waals surface area contributed by atoms with Gasteiger partial charge in [0.2, 0.25) is 0 Å². The van der Waals surface area contributed by atoms with Crippen LogP contribution in [-0.2, 0) is 10.2 Å². The summed E-state index contributed by atoms with van der Waals surface area (Å²) in [7, 11) is 0. The Morgan fingerprint density at radius 3 is 2.33 bits per heavy atom. The van der Waals surface area contributed by atoms with Gasteiger partial charge in [0.15, 0.2) is 0 Å². The van der Waals surface area contributed by atoms with Crippen molar-refractivity contribution in [2.45, 2.75) is 50.4 Å². The molecule has 0 bridgehead atoms. The number of benzene rings is 1. The Labute approximate surface area is 134 Å². The van der Waals surface area contributed by atoms with E-state index in [1.807, 2.05) is 12.1 Å². The number of halogens is 1. The van der Waals surface area contributed by atoms with Crippen LogP contribution >= 0.6 is 15.9 Å². The minimum absolute atomic E-state index is 0.664. The van der Waals surface area contributed by atoms with Crippen LogP contribution < -0.4 is 4.90 Å². The number of carbonyl (C=O) groups is 1. The van der Waals surface area contributed by atoms with Crippen molar-refractivity contribution in [1.29, 1.82) is 0 Å². The van der Waals surface area contributed by atoms with Crippen molar-refractivity contribution in [2.75, 3.05) is 18.0 Å². The van der Waals surface area contributed by atoms with Crippen LogP contribution in [0.25, 0.3) is 0 Å². The molecule has 3 nitrogen and oxygen atoms in total. The molecule has 0 aromatic heterocycles. The molecule has 0 unspecified atom stereocenters. The average Bonchev–Trinajstić information content (AvgIpc) is 3.01. The van der Waals surface area contributed by atoms with Crippen molar-refractivity contribution in [1.82, 2.24) is 0 Å². The van der Waals surface area contributed by atoms with Crippen molar-refractivity contribution in [3.8, 4) is 0 Å². The van der Waals surface area contributed by atoms with Gasteiger partial charge < -0.3 is 10.0 Å². The second-order valence-electron chi connectivity index (χ2n) is 6.31. The van der Waals surface area contributed by atoms with E-state index in [1.165, 1.54) is 18.5 Å². The first-order chi connectivity index (χ1) is 10.1. The lowest BCUT2D eigenvalue weighted by Crippen LogP contribution is -2.37. The van der Waals surface area contributed by atoms with E-state index in [-0.39, 0.29) is 0 Å². The Balaban J connectivity index is 1.94. The predicted molar refractivity (Wildman–Crippen MR) is 88.0 cm³/mol. The normalized spacial score (nSPS) is 21.5. The fourth-order valence-corrected chi connectivity index (χ4v) is 4.43. The molecule has 0 radical (unpaired) electrons. The number of rotatable bonds is 3. The first-order valence-corrected chi connectivity index (χ1v) is 8.71. The average molecular weight is 352 g/mol. The number of aliphatic carboxylic acids is 1. The highest BCUT2D eigenvalue weighted by molar-refractivity contribution is 9.10. The van der Waals surface area contributed by atoms with E-state index in [2.05, 4.69) is 26.9 Å². The van der Waals surface area contributed by atoms with Gasteiger partial charge in [0.25, 0.3) is 0 Å². The molecule has 3 rings (SSSR count). The number of anilines is 1. The van der Waals surface area contributed by atoms with Crippen molar-refractivity contribution in [2.24, 2.45) is 0 Å². The SMILES string of the molecule is O=C(O)C1(c2ccc(N3CCCC3)c(Br)c2)CCCCC1. The molecule has 1 saturated carbocycles. The lowest BCUT2D eigenvalue weighted by Gasteiger charge is -2.34. The largest absolute Gasteiger partial charge is 0.481 e. The number of nitrogens with zero attached hydrogens (tertiary/aromatic N) is 1. The first-order valence-electron chi connectivity index (χ1n) is 7.92. The summed E-state index contributed by atoms with van der Waals surface area (Å²) in [6.07, 6.45) is 7.19. The maximum Gasteiger partial charge on any atom is 0.314 e. The summed E-state index contributed by atoms with van der Waals surface area (Å²) < 4.78 is 1.04. The minimum Gasteiger partial charge on any atom is -0.481 e. The smallest absolute Gasteiger partial charge is 0.314 e. The first kappa shape index (κ1) is 14.9. The summed E-state index contributed by atoms with van der Waals surface area (Å²) in [5.74, 6) is -0.664. The van der Waals surface area contributed by atoms with Gasteiger partial charge in [-0.1, -0.05) is 25.3 Å². The number of hydrogen-bond acceptors (Lipinski definition) is 2. The van der Waals surface area contributed by atoms with Gasteiger partial charge in [-0.05, 0) is 59.3 Å². The Hall–Kier alpha value is -1.03. The zero-order valence-electron chi connectivity index (χ0n) is 12.3. The molecule has 0 atom stereocenters. The molecular formula is C17H22BrNO2. The van der Waals surface area contributed by atoms with E-state index in [9.17, 15) is 9.90 Å². The summed E-state index contributed by atoms with van der Waals surface area (Å²) in [6, 6.07) is 6.19. The van der Waals surface area contributed by atoms with Gasteiger partial charge >= 0.3 is 5.97 Å². The van der Waals surface area contributed by atoms with Gasteiger partial charge in [0.05, 0.1) is 11.1 Å². The number of hydrogen-bond donors (Lipinski definition) is 1. The van der Waals surface area contributed by atoms with Crippen LogP contribution in [0.15, 0.2) is 22.7 Å². The van der Waals surface area contributed by atoms with Crippen LogP contribution in [-0.4, -0.2) is 24.2 Å². The Kier molecular flexibility index (Phi) is 4.25. The van der Waals surface area contributed by atoms with Gasteiger partial charge in [-0.25, -0.2) is 0 Å². The third-order valence-electron chi connectivity index (χ3n) is 5.06. The van der Waals surface area contributed by atoms with E-state index in [4.69, 9.17) is 0 Å². The zero-order chi connectivity index (χ0) is 14.9. The van der Waals surface area contributed by atoms with Gasteiger partial charge in [-0.15, -0.1) is 0 Å².